The Hall–Kier alpha value is -2.55. The lowest BCUT2D eigenvalue weighted by molar-refractivity contribution is 1.11. The van der Waals surface area contributed by atoms with E-state index in [4.69, 9.17) is 0 Å². The number of nitrogens with zero attached hydrogens (tertiary/aromatic N) is 2. The van der Waals surface area contributed by atoms with Crippen LogP contribution in [-0.2, 0) is 0 Å². The van der Waals surface area contributed by atoms with Gasteiger partial charge in [0.25, 0.3) is 0 Å². The molecular weight excluding hydrogens is 222 g/mol. The fraction of sp³-hybridized carbons (Fsp3) is 0. The van der Waals surface area contributed by atoms with Gasteiger partial charge in [0.2, 0.25) is 0 Å². The van der Waals surface area contributed by atoms with E-state index in [-0.39, 0.29) is 0 Å². The summed E-state index contributed by atoms with van der Waals surface area (Å²) in [5, 5.41) is 2.31. The van der Waals surface area contributed by atoms with Gasteiger partial charge in [0.15, 0.2) is 0 Å². The van der Waals surface area contributed by atoms with Crippen LogP contribution in [0.25, 0.3) is 27.6 Å². The summed E-state index contributed by atoms with van der Waals surface area (Å²) < 4.78 is 2.14. The van der Waals surface area contributed by atoms with Crippen molar-refractivity contribution in [3.63, 3.8) is 0 Å². The minimum Gasteiger partial charge on any atom is -0.346 e. The van der Waals surface area contributed by atoms with Crippen molar-refractivity contribution in [3.05, 3.63) is 61.1 Å². The number of H-pyrrole nitrogens is 1. The van der Waals surface area contributed by atoms with Gasteiger partial charge in [-0.1, -0.05) is 6.07 Å². The standard InChI is InChI=1S/C15H10N3/c1-2-4-14-11(3-1)6-8-18(14)13-9-12-5-7-16-15(12)17-10-13/h2-10H,(H,16,17). The number of rotatable bonds is 1. The highest BCUT2D eigenvalue weighted by Crippen LogP contribution is 2.21. The molecule has 1 aromatic carbocycles. The van der Waals surface area contributed by atoms with E-state index in [1.807, 2.05) is 30.6 Å². The first kappa shape index (κ1) is 9.48. The van der Waals surface area contributed by atoms with Crippen LogP contribution in [0.3, 0.4) is 0 Å². The van der Waals surface area contributed by atoms with Crippen LogP contribution in [0.4, 0.5) is 0 Å². The highest BCUT2D eigenvalue weighted by Gasteiger charge is 2.04. The lowest BCUT2D eigenvalue weighted by Crippen LogP contribution is -1.92. The molecule has 18 heavy (non-hydrogen) atoms. The average molecular weight is 232 g/mol. The summed E-state index contributed by atoms with van der Waals surface area (Å²) in [4.78, 5) is 7.52. The van der Waals surface area contributed by atoms with Crippen LogP contribution >= 0.6 is 0 Å². The number of hydrogen-bond acceptors (Lipinski definition) is 1. The summed E-state index contributed by atoms with van der Waals surface area (Å²) >= 11 is 0. The van der Waals surface area contributed by atoms with Gasteiger partial charge in [0.05, 0.1) is 17.4 Å². The van der Waals surface area contributed by atoms with E-state index >= 15 is 0 Å². The molecule has 1 N–H and O–H groups in total. The Balaban J connectivity index is 2.00. The second-order valence-electron chi connectivity index (χ2n) is 4.28. The molecule has 4 rings (SSSR count). The van der Waals surface area contributed by atoms with Crippen molar-refractivity contribution < 1.29 is 0 Å². The molecule has 85 valence electrons. The summed E-state index contributed by atoms with van der Waals surface area (Å²) in [6.45, 7) is 0. The van der Waals surface area contributed by atoms with Crippen molar-refractivity contribution in [2.75, 3.05) is 0 Å². The topological polar surface area (TPSA) is 33.6 Å². The summed E-state index contributed by atoms with van der Waals surface area (Å²) in [5.74, 6) is 0. The molecule has 0 aliphatic heterocycles. The monoisotopic (exact) mass is 232 g/mol. The Morgan fingerprint density at radius 3 is 3.17 bits per heavy atom. The van der Waals surface area contributed by atoms with Gasteiger partial charge in [-0.3, -0.25) is 0 Å². The molecule has 0 saturated carbocycles. The molecular formula is C15H10N3. The van der Waals surface area contributed by atoms with Crippen molar-refractivity contribution in [2.45, 2.75) is 0 Å². The normalized spacial score (nSPS) is 11.3. The second kappa shape index (κ2) is 3.47. The molecule has 0 spiro atoms. The minimum atomic E-state index is 0.920. The molecule has 4 aromatic rings. The predicted molar refractivity (Wildman–Crippen MR) is 71.8 cm³/mol. The summed E-state index contributed by atoms with van der Waals surface area (Å²) in [6.07, 6.45) is 5.85. The van der Waals surface area contributed by atoms with Crippen molar-refractivity contribution >= 4 is 21.9 Å². The van der Waals surface area contributed by atoms with Gasteiger partial charge in [-0.25, -0.2) is 4.98 Å². The van der Waals surface area contributed by atoms with Crippen LogP contribution in [0, 0.1) is 6.07 Å². The van der Waals surface area contributed by atoms with Crippen molar-refractivity contribution in [3.8, 4) is 5.69 Å². The second-order valence-corrected chi connectivity index (χ2v) is 4.28. The smallest absolute Gasteiger partial charge is 0.137 e. The van der Waals surface area contributed by atoms with Gasteiger partial charge < -0.3 is 9.55 Å². The van der Waals surface area contributed by atoms with Crippen molar-refractivity contribution in [1.82, 2.24) is 14.5 Å². The maximum absolute atomic E-state index is 4.42. The molecule has 3 nitrogen and oxygen atoms in total. The Kier molecular flexibility index (Phi) is 1.83. The number of pyridine rings is 1. The zero-order valence-corrected chi connectivity index (χ0v) is 9.59. The van der Waals surface area contributed by atoms with Crippen molar-refractivity contribution in [2.24, 2.45) is 0 Å². The molecule has 0 saturated heterocycles. The van der Waals surface area contributed by atoms with Gasteiger partial charge in [-0.2, -0.15) is 0 Å². The van der Waals surface area contributed by atoms with E-state index in [2.05, 4.69) is 45.0 Å². The third-order valence-electron chi connectivity index (χ3n) is 3.20. The molecule has 0 amide bonds. The van der Waals surface area contributed by atoms with Crippen LogP contribution < -0.4 is 0 Å². The molecule has 3 heteroatoms. The number of fused-ring (bicyclic) bond motifs is 2. The van der Waals surface area contributed by atoms with E-state index in [1.54, 1.807) is 0 Å². The number of benzene rings is 1. The first-order valence-electron chi connectivity index (χ1n) is 5.82. The molecule has 0 fully saturated rings. The van der Waals surface area contributed by atoms with E-state index in [1.165, 1.54) is 10.9 Å². The molecule has 0 aliphatic rings. The molecule has 0 unspecified atom stereocenters. The zero-order valence-electron chi connectivity index (χ0n) is 9.59. The van der Waals surface area contributed by atoms with Gasteiger partial charge in [-0.15, -0.1) is 0 Å². The van der Waals surface area contributed by atoms with Crippen LogP contribution in [0.1, 0.15) is 0 Å². The Morgan fingerprint density at radius 1 is 1.17 bits per heavy atom. The van der Waals surface area contributed by atoms with Gasteiger partial charge >= 0.3 is 0 Å². The number of hydrogen-bond donors (Lipinski definition) is 1. The highest BCUT2D eigenvalue weighted by molar-refractivity contribution is 5.83. The Morgan fingerprint density at radius 2 is 2.17 bits per heavy atom. The molecule has 1 radical (unpaired) electrons. The van der Waals surface area contributed by atoms with E-state index in [0.717, 1.165) is 16.7 Å². The molecule has 0 atom stereocenters. The Labute approximate surface area is 104 Å². The zero-order chi connectivity index (χ0) is 11.9. The predicted octanol–water partition coefficient (Wildman–Crippen LogP) is 3.31. The van der Waals surface area contributed by atoms with E-state index < -0.39 is 0 Å². The molecule has 0 aliphatic carbocycles. The first-order valence-corrected chi connectivity index (χ1v) is 5.82. The van der Waals surface area contributed by atoms with Crippen LogP contribution in [0.5, 0.6) is 0 Å². The third kappa shape index (κ3) is 1.27. The largest absolute Gasteiger partial charge is 0.346 e. The first-order chi connectivity index (χ1) is 8.92. The van der Waals surface area contributed by atoms with E-state index in [9.17, 15) is 0 Å². The van der Waals surface area contributed by atoms with Gasteiger partial charge in [0, 0.05) is 23.2 Å². The lowest BCUT2D eigenvalue weighted by Gasteiger charge is -2.04. The fourth-order valence-corrected chi connectivity index (χ4v) is 2.31. The van der Waals surface area contributed by atoms with Crippen LogP contribution in [0.15, 0.2) is 55.0 Å². The Bertz CT molecular complexity index is 839. The molecule has 0 bridgehead atoms. The minimum absolute atomic E-state index is 0.920. The van der Waals surface area contributed by atoms with Gasteiger partial charge in [0.1, 0.15) is 5.65 Å². The summed E-state index contributed by atoms with van der Waals surface area (Å²) in [6, 6.07) is 15.3. The SMILES string of the molecule is [c]1ccc2c(c1)ccn2-c1cnc2[nH]ccc2c1. The van der Waals surface area contributed by atoms with Crippen molar-refractivity contribution in [1.29, 1.82) is 0 Å². The van der Waals surface area contributed by atoms with Crippen LogP contribution in [-0.4, -0.2) is 14.5 Å². The van der Waals surface area contributed by atoms with E-state index in [0.29, 0.717) is 0 Å². The number of aromatic amines is 1. The number of aromatic nitrogens is 3. The molecule has 3 aromatic heterocycles. The average Bonchev–Trinajstić information content (AvgIpc) is 3.04. The number of nitrogens with one attached hydrogen (secondary N) is 1. The maximum Gasteiger partial charge on any atom is 0.137 e. The fourth-order valence-electron chi connectivity index (χ4n) is 2.31. The quantitative estimate of drug-likeness (QED) is 0.536. The highest BCUT2D eigenvalue weighted by atomic mass is 15.0. The van der Waals surface area contributed by atoms with Gasteiger partial charge in [-0.05, 0) is 36.4 Å². The maximum atomic E-state index is 4.42. The lowest BCUT2D eigenvalue weighted by atomic mass is 10.2. The van der Waals surface area contributed by atoms with Crippen LogP contribution in [0.2, 0.25) is 0 Å². The molecule has 3 heterocycles. The summed E-state index contributed by atoms with van der Waals surface area (Å²) in [7, 11) is 0. The summed E-state index contributed by atoms with van der Waals surface area (Å²) in [5.41, 5.74) is 3.16. The third-order valence-corrected chi connectivity index (χ3v) is 3.20.